The van der Waals surface area contributed by atoms with Crippen molar-refractivity contribution >= 4 is 5.69 Å². The Labute approximate surface area is 120 Å². The minimum absolute atomic E-state index is 0.0118. The molecule has 1 aromatic rings. The molecule has 1 heterocycles. The summed E-state index contributed by atoms with van der Waals surface area (Å²) in [5.74, 6) is 0. The van der Waals surface area contributed by atoms with Crippen LogP contribution < -0.4 is 0 Å². The molecule has 0 aliphatic rings. The van der Waals surface area contributed by atoms with Crippen molar-refractivity contribution in [3.8, 4) is 0 Å². The number of nitrogens with zero attached hydrogens (tertiary/aromatic N) is 3. The highest BCUT2D eigenvalue weighted by Gasteiger charge is 2.08. The number of nitro groups is 1. The van der Waals surface area contributed by atoms with Gasteiger partial charge in [-0.05, 0) is 13.3 Å². The second-order valence-electron chi connectivity index (χ2n) is 3.88. The van der Waals surface area contributed by atoms with E-state index < -0.39 is 4.92 Å². The van der Waals surface area contributed by atoms with Crippen LogP contribution in [0.1, 0.15) is 40.5 Å². The molecule has 0 N–H and O–H groups in total. The third kappa shape index (κ3) is 7.85. The largest absolute Gasteiger partial charge is 0.353 e. The van der Waals surface area contributed by atoms with Crippen LogP contribution in [0, 0.1) is 10.1 Å². The number of hydrogen-bond donors (Lipinski definition) is 0. The molecule has 0 spiro atoms. The summed E-state index contributed by atoms with van der Waals surface area (Å²) in [5.41, 5.74) is -0.0118. The molecule has 0 radical (unpaired) electrons. The smallest absolute Gasteiger partial charge is 0.306 e. The van der Waals surface area contributed by atoms with Crippen molar-refractivity contribution in [2.24, 2.45) is 0 Å². The fraction of sp³-hybridized carbons (Fsp3) is 0.769. The molecule has 7 heteroatoms. The van der Waals surface area contributed by atoms with Crippen LogP contribution in [-0.2, 0) is 16.0 Å². The topological polar surface area (TPSA) is 79.4 Å². The van der Waals surface area contributed by atoms with Crippen molar-refractivity contribution in [2.75, 3.05) is 13.2 Å². The highest BCUT2D eigenvalue weighted by molar-refractivity contribution is 5.20. The van der Waals surface area contributed by atoms with Gasteiger partial charge in [0.25, 0.3) is 0 Å². The Hall–Kier alpha value is -1.47. The first-order valence-electron chi connectivity index (χ1n) is 7.03. The van der Waals surface area contributed by atoms with Gasteiger partial charge in [-0.2, -0.15) is 5.10 Å². The van der Waals surface area contributed by atoms with E-state index in [-0.39, 0.29) is 12.0 Å². The Morgan fingerprint density at radius 3 is 2.60 bits per heavy atom. The predicted molar refractivity (Wildman–Crippen MR) is 76.5 cm³/mol. The van der Waals surface area contributed by atoms with Gasteiger partial charge < -0.3 is 9.47 Å². The Morgan fingerprint density at radius 1 is 1.40 bits per heavy atom. The lowest BCUT2D eigenvalue weighted by molar-refractivity contribution is -0.385. The summed E-state index contributed by atoms with van der Waals surface area (Å²) in [4.78, 5) is 9.97. The average molecular weight is 287 g/mol. The van der Waals surface area contributed by atoms with E-state index in [1.54, 1.807) is 0 Å². The molecule has 116 valence electrons. The maximum atomic E-state index is 10.4. The van der Waals surface area contributed by atoms with Gasteiger partial charge in [0, 0.05) is 6.61 Å². The van der Waals surface area contributed by atoms with Crippen LogP contribution in [-0.4, -0.2) is 34.2 Å². The van der Waals surface area contributed by atoms with Crippen molar-refractivity contribution < 1.29 is 14.4 Å². The summed E-state index contributed by atoms with van der Waals surface area (Å²) >= 11 is 0. The average Bonchev–Trinajstić information content (AvgIpc) is 2.90. The van der Waals surface area contributed by atoms with Crippen molar-refractivity contribution in [3.05, 3.63) is 22.5 Å². The second-order valence-corrected chi connectivity index (χ2v) is 3.88. The van der Waals surface area contributed by atoms with Gasteiger partial charge in [-0.15, -0.1) is 0 Å². The highest BCUT2D eigenvalue weighted by Crippen LogP contribution is 2.07. The van der Waals surface area contributed by atoms with E-state index >= 15 is 0 Å². The third-order valence-corrected chi connectivity index (χ3v) is 2.35. The summed E-state index contributed by atoms with van der Waals surface area (Å²) in [7, 11) is 0. The van der Waals surface area contributed by atoms with Crippen LogP contribution >= 0.6 is 0 Å². The van der Waals surface area contributed by atoms with E-state index in [0.29, 0.717) is 19.8 Å². The van der Waals surface area contributed by atoms with E-state index in [0.717, 1.165) is 12.8 Å². The Balaban J connectivity index is 0.00000172. The van der Waals surface area contributed by atoms with E-state index in [4.69, 9.17) is 9.47 Å². The molecule has 0 aromatic carbocycles. The van der Waals surface area contributed by atoms with Crippen molar-refractivity contribution in [3.63, 3.8) is 0 Å². The number of unbranched alkanes of at least 4 members (excludes halogenated alkanes) is 1. The zero-order valence-corrected chi connectivity index (χ0v) is 12.7. The summed E-state index contributed by atoms with van der Waals surface area (Å²) in [6.07, 6.45) is 4.44. The molecule has 20 heavy (non-hydrogen) atoms. The molecule has 7 nitrogen and oxygen atoms in total. The molecule has 1 aromatic heterocycles. The van der Waals surface area contributed by atoms with Gasteiger partial charge in [0.2, 0.25) is 0 Å². The van der Waals surface area contributed by atoms with Gasteiger partial charge in [-0.25, -0.2) is 0 Å². The Morgan fingerprint density at radius 2 is 2.05 bits per heavy atom. The van der Waals surface area contributed by atoms with Crippen LogP contribution in [0.25, 0.3) is 0 Å². The van der Waals surface area contributed by atoms with E-state index in [1.807, 2.05) is 20.8 Å². The maximum Gasteiger partial charge on any atom is 0.306 e. The van der Waals surface area contributed by atoms with E-state index in [2.05, 4.69) is 12.0 Å². The summed E-state index contributed by atoms with van der Waals surface area (Å²) in [6.45, 7) is 9.49. The first-order chi connectivity index (χ1) is 9.63. The highest BCUT2D eigenvalue weighted by atomic mass is 16.7. The van der Waals surface area contributed by atoms with Gasteiger partial charge in [0.15, 0.2) is 6.29 Å². The number of ether oxygens (including phenoxy) is 2. The zero-order valence-electron chi connectivity index (χ0n) is 12.7. The van der Waals surface area contributed by atoms with Crippen LogP contribution in [0.4, 0.5) is 5.69 Å². The lowest BCUT2D eigenvalue weighted by Crippen LogP contribution is -2.17. The lowest BCUT2D eigenvalue weighted by atomic mass is 10.4. The molecular formula is C13H25N3O4. The zero-order chi connectivity index (χ0) is 15.4. The van der Waals surface area contributed by atoms with Crippen LogP contribution in [0.3, 0.4) is 0 Å². The SMILES string of the molecule is CC.CCCCOC(C)OCCn1cc([N+](=O)[O-])cn1. The van der Waals surface area contributed by atoms with Crippen molar-refractivity contribution in [1.29, 1.82) is 0 Å². The van der Waals surface area contributed by atoms with Crippen LogP contribution in [0.2, 0.25) is 0 Å². The molecule has 0 aliphatic carbocycles. The van der Waals surface area contributed by atoms with E-state index in [1.165, 1.54) is 17.1 Å². The molecule has 1 rings (SSSR count). The van der Waals surface area contributed by atoms with Gasteiger partial charge in [0.05, 0.1) is 18.1 Å². The number of rotatable bonds is 9. The van der Waals surface area contributed by atoms with Crippen LogP contribution in [0.5, 0.6) is 0 Å². The minimum Gasteiger partial charge on any atom is -0.353 e. The fourth-order valence-corrected chi connectivity index (χ4v) is 1.32. The van der Waals surface area contributed by atoms with Crippen molar-refractivity contribution in [1.82, 2.24) is 9.78 Å². The van der Waals surface area contributed by atoms with Gasteiger partial charge >= 0.3 is 5.69 Å². The molecule has 0 saturated carbocycles. The molecule has 1 unspecified atom stereocenters. The maximum absolute atomic E-state index is 10.4. The first-order valence-corrected chi connectivity index (χ1v) is 7.03. The standard InChI is InChI=1S/C11H19N3O4.C2H6/c1-3-4-6-17-10(2)18-7-5-13-9-11(8-12-13)14(15)16;1-2/h8-10H,3-7H2,1-2H3;1-2H3. The molecular weight excluding hydrogens is 262 g/mol. The Bertz CT molecular complexity index is 368. The van der Waals surface area contributed by atoms with E-state index in [9.17, 15) is 10.1 Å². The summed E-state index contributed by atoms with van der Waals surface area (Å²) in [6, 6.07) is 0. The van der Waals surface area contributed by atoms with Gasteiger partial charge in [0.1, 0.15) is 12.4 Å². The van der Waals surface area contributed by atoms with Crippen molar-refractivity contribution in [2.45, 2.75) is 53.4 Å². The van der Waals surface area contributed by atoms with Crippen LogP contribution in [0.15, 0.2) is 12.4 Å². The molecule has 0 saturated heterocycles. The quantitative estimate of drug-likeness (QED) is 0.302. The molecule has 0 bridgehead atoms. The number of aromatic nitrogens is 2. The molecule has 0 amide bonds. The Kier molecular flexibility index (Phi) is 10.5. The molecule has 1 atom stereocenters. The minimum atomic E-state index is -0.471. The lowest BCUT2D eigenvalue weighted by Gasteiger charge is -2.13. The monoisotopic (exact) mass is 287 g/mol. The third-order valence-electron chi connectivity index (χ3n) is 2.35. The normalized spacial score (nSPS) is 11.6. The first kappa shape index (κ1) is 18.5. The molecule has 0 aliphatic heterocycles. The molecule has 0 fully saturated rings. The second kappa shape index (κ2) is 11.4. The fourth-order valence-electron chi connectivity index (χ4n) is 1.32. The number of hydrogen-bond acceptors (Lipinski definition) is 5. The summed E-state index contributed by atoms with van der Waals surface area (Å²) < 4.78 is 12.3. The summed E-state index contributed by atoms with van der Waals surface area (Å²) in [5, 5.41) is 14.3. The van der Waals surface area contributed by atoms with Gasteiger partial charge in [-0.1, -0.05) is 27.2 Å². The predicted octanol–water partition coefficient (Wildman–Crippen LogP) is 3.00. The van der Waals surface area contributed by atoms with Gasteiger partial charge in [-0.3, -0.25) is 14.8 Å².